The van der Waals surface area contributed by atoms with Gasteiger partial charge >= 0.3 is 0 Å². The van der Waals surface area contributed by atoms with Crippen LogP contribution in [0, 0.1) is 11.7 Å². The standard InChI is InChI=1S/C21H35FN4O3S/c1-16(2)25(5)30(28,29)18-6-7-20(22)19(14-18)21(27)23-15-17-8-10-26(11-9-17)13-12-24(3)4/h6-7,14,16-17H,8-13,15H2,1-5H3,(H,23,27). The first-order valence-corrected chi connectivity index (χ1v) is 11.9. The Bertz CT molecular complexity index is 822. The van der Waals surface area contributed by atoms with Crippen molar-refractivity contribution in [3.63, 3.8) is 0 Å². The number of carbonyl (C=O) groups is 1. The first-order chi connectivity index (χ1) is 14.0. The second kappa shape index (κ2) is 10.7. The highest BCUT2D eigenvalue weighted by Gasteiger charge is 2.26. The highest BCUT2D eigenvalue weighted by molar-refractivity contribution is 7.89. The van der Waals surface area contributed by atoms with Crippen LogP contribution in [0.1, 0.15) is 37.0 Å². The normalized spacial score (nSPS) is 16.6. The number of halogens is 1. The van der Waals surface area contributed by atoms with Crippen molar-refractivity contribution in [1.82, 2.24) is 19.4 Å². The molecule has 1 aliphatic heterocycles. The van der Waals surface area contributed by atoms with E-state index in [1.54, 1.807) is 13.8 Å². The lowest BCUT2D eigenvalue weighted by Gasteiger charge is -2.32. The Hall–Kier alpha value is -1.55. The lowest BCUT2D eigenvalue weighted by atomic mass is 9.96. The van der Waals surface area contributed by atoms with Gasteiger partial charge in [0.25, 0.3) is 5.91 Å². The van der Waals surface area contributed by atoms with Gasteiger partial charge in [0.15, 0.2) is 0 Å². The number of nitrogens with zero attached hydrogens (tertiary/aromatic N) is 3. The van der Waals surface area contributed by atoms with E-state index in [1.165, 1.54) is 17.4 Å². The summed E-state index contributed by atoms with van der Waals surface area (Å²) < 4.78 is 40.8. The number of piperidine rings is 1. The molecule has 0 unspecified atom stereocenters. The minimum Gasteiger partial charge on any atom is -0.352 e. The number of rotatable bonds is 9. The maximum absolute atomic E-state index is 14.3. The third-order valence-corrected chi connectivity index (χ3v) is 7.74. The Kier molecular flexibility index (Phi) is 8.78. The Morgan fingerprint density at radius 3 is 2.43 bits per heavy atom. The molecular weight excluding hydrogens is 407 g/mol. The van der Waals surface area contributed by atoms with Gasteiger partial charge in [-0.05, 0) is 78.0 Å². The van der Waals surface area contributed by atoms with E-state index in [9.17, 15) is 17.6 Å². The fourth-order valence-electron chi connectivity index (χ4n) is 3.37. The predicted octanol–water partition coefficient (Wildman–Crippen LogP) is 1.86. The molecule has 9 heteroatoms. The maximum atomic E-state index is 14.3. The molecule has 0 saturated carbocycles. The monoisotopic (exact) mass is 442 g/mol. The quantitative estimate of drug-likeness (QED) is 0.632. The molecule has 1 aliphatic rings. The van der Waals surface area contributed by atoms with Crippen molar-refractivity contribution in [2.75, 3.05) is 53.9 Å². The number of hydrogen-bond donors (Lipinski definition) is 1. The Labute approximate surface area is 180 Å². The van der Waals surface area contributed by atoms with Gasteiger partial charge in [-0.15, -0.1) is 0 Å². The zero-order valence-electron chi connectivity index (χ0n) is 18.7. The first kappa shape index (κ1) is 24.7. The summed E-state index contributed by atoms with van der Waals surface area (Å²) >= 11 is 0. The van der Waals surface area contributed by atoms with Crippen molar-refractivity contribution >= 4 is 15.9 Å². The highest BCUT2D eigenvalue weighted by atomic mass is 32.2. The minimum absolute atomic E-state index is 0.0838. The van der Waals surface area contributed by atoms with Gasteiger partial charge in [0, 0.05) is 32.7 Å². The molecule has 1 saturated heterocycles. The molecule has 1 aromatic rings. The maximum Gasteiger partial charge on any atom is 0.254 e. The fraction of sp³-hybridized carbons (Fsp3) is 0.667. The molecule has 0 aliphatic carbocycles. The molecule has 1 N–H and O–H groups in total. The lowest BCUT2D eigenvalue weighted by molar-refractivity contribution is 0.0930. The first-order valence-electron chi connectivity index (χ1n) is 10.4. The lowest BCUT2D eigenvalue weighted by Crippen LogP contribution is -2.41. The van der Waals surface area contributed by atoms with E-state index in [0.29, 0.717) is 12.5 Å². The number of likely N-dealkylation sites (N-methyl/N-ethyl adjacent to an activating group) is 1. The van der Waals surface area contributed by atoms with Crippen LogP contribution >= 0.6 is 0 Å². The van der Waals surface area contributed by atoms with Crippen LogP contribution in [0.25, 0.3) is 0 Å². The summed E-state index contributed by atoms with van der Waals surface area (Å²) in [4.78, 5) is 17.0. The van der Waals surface area contributed by atoms with Crippen LogP contribution in [-0.2, 0) is 10.0 Å². The van der Waals surface area contributed by atoms with E-state index >= 15 is 0 Å². The fourth-order valence-corrected chi connectivity index (χ4v) is 4.76. The topological polar surface area (TPSA) is 73.0 Å². The molecule has 1 amide bonds. The van der Waals surface area contributed by atoms with E-state index in [-0.39, 0.29) is 16.5 Å². The molecule has 0 aromatic heterocycles. The average molecular weight is 443 g/mol. The van der Waals surface area contributed by atoms with Crippen LogP contribution in [0.3, 0.4) is 0 Å². The largest absolute Gasteiger partial charge is 0.352 e. The summed E-state index contributed by atoms with van der Waals surface area (Å²) in [6.45, 7) is 7.98. The minimum atomic E-state index is -3.79. The van der Waals surface area contributed by atoms with Crippen LogP contribution in [0.5, 0.6) is 0 Å². The third-order valence-electron chi connectivity index (χ3n) is 5.71. The van der Waals surface area contributed by atoms with Gasteiger partial charge < -0.3 is 15.1 Å². The second-order valence-corrected chi connectivity index (χ2v) is 10.6. The number of amides is 1. The van der Waals surface area contributed by atoms with Gasteiger partial charge in [-0.1, -0.05) is 0 Å². The summed E-state index contributed by atoms with van der Waals surface area (Å²) in [5.74, 6) is -0.962. The molecule has 30 heavy (non-hydrogen) atoms. The van der Waals surface area contributed by atoms with E-state index < -0.39 is 21.7 Å². The average Bonchev–Trinajstić information content (AvgIpc) is 2.70. The number of benzene rings is 1. The predicted molar refractivity (Wildman–Crippen MR) is 117 cm³/mol. The molecule has 0 spiro atoms. The zero-order chi connectivity index (χ0) is 22.5. The highest BCUT2D eigenvalue weighted by Crippen LogP contribution is 2.21. The summed E-state index contributed by atoms with van der Waals surface area (Å²) in [5, 5.41) is 2.79. The molecular formula is C21H35FN4O3S. The third kappa shape index (κ3) is 6.47. The van der Waals surface area contributed by atoms with Crippen LogP contribution in [0.4, 0.5) is 4.39 Å². The molecule has 0 bridgehead atoms. The molecule has 1 aromatic carbocycles. The summed E-state index contributed by atoms with van der Waals surface area (Å²) in [5.41, 5.74) is -0.239. The number of likely N-dealkylation sites (tertiary alicyclic amines) is 1. The van der Waals surface area contributed by atoms with Crippen LogP contribution < -0.4 is 5.32 Å². The summed E-state index contributed by atoms with van der Waals surface area (Å²) in [6, 6.07) is 3.12. The Morgan fingerprint density at radius 2 is 1.87 bits per heavy atom. The van der Waals surface area contributed by atoms with E-state index in [1.807, 2.05) is 0 Å². The summed E-state index contributed by atoms with van der Waals surface area (Å²) in [6.07, 6.45) is 1.95. The molecule has 170 valence electrons. The van der Waals surface area contributed by atoms with Crippen molar-refractivity contribution in [2.24, 2.45) is 5.92 Å². The molecule has 2 rings (SSSR count). The number of carbonyl (C=O) groups excluding carboxylic acids is 1. The molecule has 1 fully saturated rings. The van der Waals surface area contributed by atoms with Crippen molar-refractivity contribution in [3.8, 4) is 0 Å². The van der Waals surface area contributed by atoms with Crippen molar-refractivity contribution in [3.05, 3.63) is 29.6 Å². The van der Waals surface area contributed by atoms with Gasteiger partial charge in [-0.3, -0.25) is 4.79 Å². The molecule has 1 heterocycles. The van der Waals surface area contributed by atoms with Crippen LogP contribution in [-0.4, -0.2) is 88.3 Å². The summed E-state index contributed by atoms with van der Waals surface area (Å²) in [7, 11) is 1.80. The van der Waals surface area contributed by atoms with E-state index in [0.717, 1.165) is 51.2 Å². The molecule has 0 atom stereocenters. The molecule has 0 radical (unpaired) electrons. The van der Waals surface area contributed by atoms with E-state index in [2.05, 4.69) is 29.2 Å². The number of hydrogen-bond acceptors (Lipinski definition) is 5. The Morgan fingerprint density at radius 1 is 1.23 bits per heavy atom. The van der Waals surface area contributed by atoms with Crippen molar-refractivity contribution in [2.45, 2.75) is 37.6 Å². The smallest absolute Gasteiger partial charge is 0.254 e. The van der Waals surface area contributed by atoms with E-state index in [4.69, 9.17) is 0 Å². The van der Waals surface area contributed by atoms with Crippen LogP contribution in [0.15, 0.2) is 23.1 Å². The van der Waals surface area contributed by atoms with Gasteiger partial charge in [0.05, 0.1) is 10.5 Å². The van der Waals surface area contributed by atoms with Gasteiger partial charge in [0.2, 0.25) is 10.0 Å². The number of nitrogens with one attached hydrogen (secondary N) is 1. The number of sulfonamides is 1. The second-order valence-electron chi connectivity index (χ2n) is 8.55. The Balaban J connectivity index is 1.96. The SMILES string of the molecule is CC(C)N(C)S(=O)(=O)c1ccc(F)c(C(=O)NCC2CCN(CCN(C)C)CC2)c1. The van der Waals surface area contributed by atoms with Gasteiger partial charge in [-0.25, -0.2) is 12.8 Å². The van der Waals surface area contributed by atoms with Gasteiger partial charge in [-0.2, -0.15) is 4.31 Å². The van der Waals surface area contributed by atoms with Crippen molar-refractivity contribution < 1.29 is 17.6 Å². The molecule has 7 nitrogen and oxygen atoms in total. The zero-order valence-corrected chi connectivity index (χ0v) is 19.5. The van der Waals surface area contributed by atoms with Gasteiger partial charge in [0.1, 0.15) is 5.82 Å². The van der Waals surface area contributed by atoms with Crippen LogP contribution in [0.2, 0.25) is 0 Å². The van der Waals surface area contributed by atoms with Crippen molar-refractivity contribution in [1.29, 1.82) is 0 Å².